The third-order valence-electron chi connectivity index (χ3n) is 1.92. The smallest absolute Gasteiger partial charge is 0.207 e. The molecule has 1 nitrogen and oxygen atoms in total. The molecule has 1 rings (SSSR count). The first-order valence-electron chi connectivity index (χ1n) is 3.97. The van der Waals surface area contributed by atoms with E-state index >= 15 is 0 Å². The third-order valence-corrected chi connectivity index (χ3v) is 3.02. The molecular weight excluding hydrogens is 152 g/mol. The van der Waals surface area contributed by atoms with E-state index in [0.717, 1.165) is 6.04 Å². The van der Waals surface area contributed by atoms with Crippen molar-refractivity contribution in [1.82, 2.24) is 0 Å². The number of hydrogen-bond acceptors (Lipinski definition) is 0. The highest BCUT2D eigenvalue weighted by atomic mass is 28.2. The fourth-order valence-electron chi connectivity index (χ4n) is 1.13. The van der Waals surface area contributed by atoms with Crippen LogP contribution in [-0.2, 0) is 4.80 Å². The zero-order valence-corrected chi connectivity index (χ0v) is 8.20. The summed E-state index contributed by atoms with van der Waals surface area (Å²) in [7, 11) is -1.03. The van der Waals surface area contributed by atoms with Crippen LogP contribution in [0.4, 0.5) is 0 Å². The van der Waals surface area contributed by atoms with Gasteiger partial charge in [0, 0.05) is 0 Å². The minimum atomic E-state index is -1.03. The van der Waals surface area contributed by atoms with Gasteiger partial charge in [-0.3, -0.25) is 0 Å². The molecule has 0 aliphatic carbocycles. The lowest BCUT2D eigenvalue weighted by Gasteiger charge is -2.07. The Labute approximate surface area is 70.0 Å². The Kier molecular flexibility index (Phi) is 3.33. The maximum absolute atomic E-state index is 10.5. The minimum Gasteiger partial charge on any atom is -0.306 e. The van der Waals surface area contributed by atoms with E-state index in [9.17, 15) is 4.80 Å². The summed E-state index contributed by atoms with van der Waals surface area (Å²) >= 11 is 0. The summed E-state index contributed by atoms with van der Waals surface area (Å²) in [4.78, 5) is 10.5. The molecule has 0 spiro atoms. The summed E-state index contributed by atoms with van der Waals surface area (Å²) in [6.45, 7) is 2.13. The van der Waals surface area contributed by atoms with E-state index in [0.29, 0.717) is 5.92 Å². The predicted octanol–water partition coefficient (Wildman–Crippen LogP) is 1.72. The van der Waals surface area contributed by atoms with Gasteiger partial charge in [0.2, 0.25) is 9.76 Å². The Morgan fingerprint density at radius 2 is 2.00 bits per heavy atom. The van der Waals surface area contributed by atoms with Gasteiger partial charge in [-0.1, -0.05) is 37.3 Å². The van der Waals surface area contributed by atoms with Crippen LogP contribution in [0.3, 0.4) is 0 Å². The van der Waals surface area contributed by atoms with Gasteiger partial charge in [-0.25, -0.2) is 0 Å². The van der Waals surface area contributed by atoms with Gasteiger partial charge >= 0.3 is 0 Å². The first-order valence-corrected chi connectivity index (χ1v) is 5.55. The molecule has 0 fully saturated rings. The summed E-state index contributed by atoms with van der Waals surface area (Å²) in [5.74, 6) is 0.473. The van der Waals surface area contributed by atoms with Gasteiger partial charge in [0.1, 0.15) is 0 Å². The van der Waals surface area contributed by atoms with Gasteiger partial charge in [-0.2, -0.15) is 0 Å². The zero-order valence-electron chi connectivity index (χ0n) is 6.79. The van der Waals surface area contributed by atoms with E-state index in [4.69, 9.17) is 0 Å². The molecule has 0 aliphatic rings. The number of hydrogen-bond donors (Lipinski definition) is 0. The topological polar surface area (TPSA) is 19.9 Å². The largest absolute Gasteiger partial charge is 0.306 e. The van der Waals surface area contributed by atoms with Crippen molar-refractivity contribution < 1.29 is 4.80 Å². The molecule has 0 aliphatic heterocycles. The Morgan fingerprint density at radius 3 is 2.55 bits per heavy atom. The van der Waals surface area contributed by atoms with Crippen LogP contribution >= 0.6 is 0 Å². The van der Waals surface area contributed by atoms with E-state index in [1.165, 1.54) is 5.56 Å². The maximum Gasteiger partial charge on any atom is 0.207 e. The fourth-order valence-corrected chi connectivity index (χ4v) is 1.81. The second-order valence-corrected chi connectivity index (χ2v) is 3.79. The van der Waals surface area contributed by atoms with E-state index in [-0.39, 0.29) is 0 Å². The fraction of sp³-hybridized carbons (Fsp3) is 0.333. The van der Waals surface area contributed by atoms with Gasteiger partial charge in [0.25, 0.3) is 0 Å². The van der Waals surface area contributed by atoms with E-state index in [2.05, 4.69) is 19.1 Å². The van der Waals surface area contributed by atoms with E-state index in [1.807, 2.05) is 18.2 Å². The summed E-state index contributed by atoms with van der Waals surface area (Å²) in [6, 6.07) is 11.1. The minimum absolute atomic E-state index is 0.473. The molecule has 1 unspecified atom stereocenters. The van der Waals surface area contributed by atoms with Crippen LogP contribution < -0.4 is 0 Å². The molecule has 1 radical (unpaired) electrons. The molecule has 0 saturated carbocycles. The van der Waals surface area contributed by atoms with Crippen molar-refractivity contribution in [2.24, 2.45) is 0 Å². The molecule has 0 saturated heterocycles. The van der Waals surface area contributed by atoms with Crippen LogP contribution in [0.1, 0.15) is 18.4 Å². The molecule has 0 aromatic heterocycles. The molecule has 0 bridgehead atoms. The molecule has 11 heavy (non-hydrogen) atoms. The van der Waals surface area contributed by atoms with Crippen LogP contribution in [0.25, 0.3) is 0 Å². The van der Waals surface area contributed by atoms with Gasteiger partial charge in [0.15, 0.2) is 0 Å². The van der Waals surface area contributed by atoms with Gasteiger partial charge < -0.3 is 4.80 Å². The van der Waals surface area contributed by atoms with Crippen LogP contribution in [0.2, 0.25) is 6.04 Å². The van der Waals surface area contributed by atoms with Crippen LogP contribution in [0.15, 0.2) is 30.3 Å². The van der Waals surface area contributed by atoms with Crippen molar-refractivity contribution in [3.8, 4) is 0 Å². The lowest BCUT2D eigenvalue weighted by molar-refractivity contribution is 0.468. The predicted molar refractivity (Wildman–Crippen MR) is 48.9 cm³/mol. The van der Waals surface area contributed by atoms with Crippen molar-refractivity contribution in [2.75, 3.05) is 0 Å². The lowest BCUT2D eigenvalue weighted by atomic mass is 10.0. The monoisotopic (exact) mass is 165 g/mol. The quantitative estimate of drug-likeness (QED) is 0.608. The molecule has 1 aromatic carbocycles. The summed E-state index contributed by atoms with van der Waals surface area (Å²) in [5.41, 5.74) is 1.30. The number of benzene rings is 1. The summed E-state index contributed by atoms with van der Waals surface area (Å²) in [5, 5.41) is 0. The number of rotatable bonds is 3. The second kappa shape index (κ2) is 4.31. The second-order valence-electron chi connectivity index (χ2n) is 2.80. The van der Waals surface area contributed by atoms with Crippen molar-refractivity contribution in [3.63, 3.8) is 0 Å². The Balaban J connectivity index is 2.61. The highest BCUT2D eigenvalue weighted by molar-refractivity contribution is 6.25. The molecular formula is C9H13OSi. The zero-order chi connectivity index (χ0) is 8.10. The first-order chi connectivity index (χ1) is 5.34. The van der Waals surface area contributed by atoms with Gasteiger partial charge in [-0.05, 0) is 17.5 Å². The van der Waals surface area contributed by atoms with Crippen LogP contribution in [0, 0.1) is 0 Å². The van der Waals surface area contributed by atoms with Crippen molar-refractivity contribution in [3.05, 3.63) is 35.9 Å². The Hall–Kier alpha value is -0.603. The normalized spacial score (nSPS) is 14.0. The average molecular weight is 165 g/mol. The SMILES string of the molecule is CC(C[SiH2][O])c1ccccc1. The average Bonchev–Trinajstić information content (AvgIpc) is 2.07. The summed E-state index contributed by atoms with van der Waals surface area (Å²) < 4.78 is 0. The first kappa shape index (κ1) is 8.49. The molecule has 0 amide bonds. The van der Waals surface area contributed by atoms with E-state index < -0.39 is 9.76 Å². The molecule has 1 aromatic rings. The standard InChI is InChI=1S/C9H13OSi/c1-8(7-11-10)9-5-3-2-4-6-9/h2-6,8H,7,11H2,1H3. The molecule has 1 atom stereocenters. The maximum atomic E-state index is 10.5. The van der Waals surface area contributed by atoms with Crippen LogP contribution in [-0.4, -0.2) is 9.76 Å². The molecule has 59 valence electrons. The van der Waals surface area contributed by atoms with Gasteiger partial charge in [-0.15, -0.1) is 0 Å². The lowest BCUT2D eigenvalue weighted by Crippen LogP contribution is -1.96. The molecule has 0 N–H and O–H groups in total. The van der Waals surface area contributed by atoms with Crippen molar-refractivity contribution in [1.29, 1.82) is 0 Å². The van der Waals surface area contributed by atoms with Crippen LogP contribution in [0.5, 0.6) is 0 Å². The highest BCUT2D eigenvalue weighted by Crippen LogP contribution is 2.17. The Morgan fingerprint density at radius 1 is 1.36 bits per heavy atom. The molecule has 2 heteroatoms. The summed E-state index contributed by atoms with van der Waals surface area (Å²) in [6.07, 6.45) is 0. The third kappa shape index (κ3) is 2.48. The van der Waals surface area contributed by atoms with Crippen molar-refractivity contribution >= 4 is 9.76 Å². The highest BCUT2D eigenvalue weighted by Gasteiger charge is 2.03. The Bertz CT molecular complexity index is 198. The van der Waals surface area contributed by atoms with Crippen molar-refractivity contribution in [2.45, 2.75) is 18.9 Å². The van der Waals surface area contributed by atoms with E-state index in [1.54, 1.807) is 0 Å². The van der Waals surface area contributed by atoms with Gasteiger partial charge in [0.05, 0.1) is 0 Å². The molecule has 0 heterocycles.